The number of nitrogens with zero attached hydrogens (tertiary/aromatic N) is 1. The van der Waals surface area contributed by atoms with Crippen LogP contribution < -0.4 is 4.74 Å². The van der Waals surface area contributed by atoms with Crippen molar-refractivity contribution in [2.75, 3.05) is 20.3 Å². The minimum atomic E-state index is -0.287. The van der Waals surface area contributed by atoms with Crippen LogP contribution in [0.15, 0.2) is 29.2 Å². The highest BCUT2D eigenvalue weighted by atomic mass is 32.2. The smallest absolute Gasteiger partial charge is 0.305 e. The van der Waals surface area contributed by atoms with Crippen LogP contribution in [-0.4, -0.2) is 41.4 Å². The molecule has 1 fully saturated rings. The molecule has 25 heavy (non-hydrogen) atoms. The van der Waals surface area contributed by atoms with Crippen molar-refractivity contribution in [3.63, 3.8) is 0 Å². The Bertz CT molecular complexity index is 687. The van der Waals surface area contributed by atoms with Gasteiger partial charge in [-0.1, -0.05) is 43.0 Å². The van der Waals surface area contributed by atoms with E-state index in [1.165, 1.54) is 23.8 Å². The summed E-state index contributed by atoms with van der Waals surface area (Å²) in [5, 5.41) is 0. The lowest BCUT2D eigenvalue weighted by Crippen LogP contribution is -2.29. The van der Waals surface area contributed by atoms with E-state index < -0.39 is 0 Å². The predicted molar refractivity (Wildman–Crippen MR) is 103 cm³/mol. The van der Waals surface area contributed by atoms with Crippen LogP contribution in [0.3, 0.4) is 0 Å². The Balaban J connectivity index is 2.03. The molecular formula is C18H21NO4S2. The zero-order valence-electron chi connectivity index (χ0n) is 14.3. The molecule has 2 rings (SSSR count). The molecule has 0 saturated carbocycles. The van der Waals surface area contributed by atoms with Crippen LogP contribution in [0.1, 0.15) is 31.7 Å². The molecule has 0 unspecified atom stereocenters. The summed E-state index contributed by atoms with van der Waals surface area (Å²) in [6.45, 7) is 3.12. The fourth-order valence-electron chi connectivity index (χ4n) is 2.24. The summed E-state index contributed by atoms with van der Waals surface area (Å²) in [6.07, 6.45) is 3.54. The van der Waals surface area contributed by atoms with Crippen LogP contribution in [0, 0.1) is 0 Å². The van der Waals surface area contributed by atoms with Crippen molar-refractivity contribution in [2.45, 2.75) is 26.2 Å². The molecule has 7 heteroatoms. The van der Waals surface area contributed by atoms with Crippen LogP contribution in [0.5, 0.6) is 5.75 Å². The predicted octanol–water partition coefficient (Wildman–Crippen LogP) is 3.63. The number of thioether (sulfide) groups is 1. The van der Waals surface area contributed by atoms with Crippen LogP contribution in [-0.2, 0) is 14.3 Å². The molecule has 0 atom stereocenters. The lowest BCUT2D eigenvalue weighted by atomic mass is 10.2. The molecule has 0 aliphatic carbocycles. The molecule has 1 saturated heterocycles. The second-order valence-corrected chi connectivity index (χ2v) is 7.11. The van der Waals surface area contributed by atoms with Crippen molar-refractivity contribution in [3.8, 4) is 5.75 Å². The number of thiocarbonyl (C=S) groups is 1. The number of carbonyl (C=O) groups excluding carboxylic acids is 2. The zero-order chi connectivity index (χ0) is 18.2. The molecular weight excluding hydrogens is 358 g/mol. The number of ether oxygens (including phenoxy) is 2. The number of rotatable bonds is 8. The summed E-state index contributed by atoms with van der Waals surface area (Å²) in [7, 11) is 1.35. The van der Waals surface area contributed by atoms with Gasteiger partial charge in [0.15, 0.2) is 0 Å². The zero-order valence-corrected chi connectivity index (χ0v) is 16.0. The summed E-state index contributed by atoms with van der Waals surface area (Å²) in [5.74, 6) is 0.369. The number of hydrogen-bond donors (Lipinski definition) is 0. The van der Waals surface area contributed by atoms with E-state index in [1.807, 2.05) is 30.3 Å². The molecule has 1 heterocycles. The van der Waals surface area contributed by atoms with Crippen molar-refractivity contribution in [1.82, 2.24) is 4.90 Å². The minimum Gasteiger partial charge on any atom is -0.494 e. The maximum atomic E-state index is 12.5. The van der Waals surface area contributed by atoms with E-state index in [9.17, 15) is 9.59 Å². The largest absolute Gasteiger partial charge is 0.494 e. The van der Waals surface area contributed by atoms with Crippen molar-refractivity contribution in [3.05, 3.63) is 34.7 Å². The van der Waals surface area contributed by atoms with E-state index in [4.69, 9.17) is 17.0 Å². The van der Waals surface area contributed by atoms with Gasteiger partial charge >= 0.3 is 5.97 Å². The van der Waals surface area contributed by atoms with Gasteiger partial charge in [-0.25, -0.2) is 0 Å². The van der Waals surface area contributed by atoms with Gasteiger partial charge in [0, 0.05) is 13.0 Å². The minimum absolute atomic E-state index is 0.125. The first-order chi connectivity index (χ1) is 12.0. The molecule has 1 aliphatic rings. The Morgan fingerprint density at radius 3 is 2.92 bits per heavy atom. The summed E-state index contributed by atoms with van der Waals surface area (Å²) in [5.41, 5.74) is 0.892. The monoisotopic (exact) mass is 379 g/mol. The standard InChI is InChI=1S/C18H21NO4S2/c1-3-10-23-14-7-4-6-13(11-14)12-15-17(21)19(18(24)25-15)9-5-8-16(20)22-2/h4,6-7,11-12H,3,5,8-10H2,1-2H3/b15-12+. The van der Waals surface area contributed by atoms with Gasteiger partial charge in [0.1, 0.15) is 10.1 Å². The molecule has 1 aliphatic heterocycles. The van der Waals surface area contributed by atoms with Crippen LogP contribution in [0.25, 0.3) is 6.08 Å². The van der Waals surface area contributed by atoms with E-state index in [0.717, 1.165) is 17.7 Å². The van der Waals surface area contributed by atoms with Gasteiger partial charge in [-0.3, -0.25) is 14.5 Å². The molecule has 0 bridgehead atoms. The average Bonchev–Trinajstić information content (AvgIpc) is 2.87. The third kappa shape index (κ3) is 5.57. The summed E-state index contributed by atoms with van der Waals surface area (Å²) >= 11 is 6.56. The number of methoxy groups -OCH3 is 1. The van der Waals surface area contributed by atoms with Crippen molar-refractivity contribution in [2.24, 2.45) is 0 Å². The average molecular weight is 380 g/mol. The molecule has 1 aromatic carbocycles. The SMILES string of the molecule is CCCOc1cccc(/C=C2/SC(=S)N(CCCC(=O)OC)C2=O)c1. The first-order valence-corrected chi connectivity index (χ1v) is 9.32. The molecule has 0 aromatic heterocycles. The first-order valence-electron chi connectivity index (χ1n) is 8.10. The van der Waals surface area contributed by atoms with Crippen LogP contribution >= 0.6 is 24.0 Å². The Hall–Kier alpha value is -1.86. The highest BCUT2D eigenvalue weighted by Gasteiger charge is 2.31. The number of benzene rings is 1. The van der Waals surface area contributed by atoms with Gasteiger partial charge in [0.05, 0.1) is 18.6 Å². The van der Waals surface area contributed by atoms with Gasteiger partial charge in [-0.15, -0.1) is 0 Å². The van der Waals surface area contributed by atoms with Gasteiger partial charge in [0.2, 0.25) is 0 Å². The number of esters is 1. The third-order valence-corrected chi connectivity index (χ3v) is 4.87. The normalized spacial score (nSPS) is 15.8. The fraction of sp³-hybridized carbons (Fsp3) is 0.389. The first kappa shape index (κ1) is 19.5. The second kappa shape index (κ2) is 9.58. The molecule has 0 radical (unpaired) electrons. The van der Waals surface area contributed by atoms with Crippen molar-refractivity contribution < 1.29 is 19.1 Å². The van der Waals surface area contributed by atoms with E-state index in [0.29, 0.717) is 28.8 Å². The Morgan fingerprint density at radius 1 is 1.40 bits per heavy atom. The maximum absolute atomic E-state index is 12.5. The maximum Gasteiger partial charge on any atom is 0.305 e. The quantitative estimate of drug-likeness (QED) is 0.391. The van der Waals surface area contributed by atoms with E-state index in [-0.39, 0.29) is 18.3 Å². The van der Waals surface area contributed by atoms with Crippen molar-refractivity contribution >= 4 is 46.3 Å². The molecule has 1 amide bonds. The molecule has 134 valence electrons. The highest BCUT2D eigenvalue weighted by molar-refractivity contribution is 8.26. The van der Waals surface area contributed by atoms with E-state index >= 15 is 0 Å². The molecule has 0 N–H and O–H groups in total. The summed E-state index contributed by atoms with van der Waals surface area (Å²) in [6, 6.07) is 7.61. The lowest BCUT2D eigenvalue weighted by molar-refractivity contribution is -0.141. The fourth-order valence-corrected chi connectivity index (χ4v) is 3.55. The third-order valence-electron chi connectivity index (χ3n) is 3.49. The van der Waals surface area contributed by atoms with Gasteiger partial charge < -0.3 is 9.47 Å². The molecule has 0 spiro atoms. The Morgan fingerprint density at radius 2 is 2.20 bits per heavy atom. The molecule has 1 aromatic rings. The number of hydrogen-bond acceptors (Lipinski definition) is 6. The lowest BCUT2D eigenvalue weighted by Gasteiger charge is -2.13. The van der Waals surface area contributed by atoms with Gasteiger partial charge in [-0.2, -0.15) is 0 Å². The van der Waals surface area contributed by atoms with Crippen LogP contribution in [0.4, 0.5) is 0 Å². The summed E-state index contributed by atoms with van der Waals surface area (Å²) < 4.78 is 10.7. The van der Waals surface area contributed by atoms with E-state index in [2.05, 4.69) is 11.7 Å². The number of amides is 1. The Labute approximate surface area is 157 Å². The molecule has 5 nitrogen and oxygen atoms in total. The van der Waals surface area contributed by atoms with Crippen LogP contribution in [0.2, 0.25) is 0 Å². The topological polar surface area (TPSA) is 55.8 Å². The van der Waals surface area contributed by atoms with E-state index in [1.54, 1.807) is 0 Å². The Kier molecular flexibility index (Phi) is 7.46. The second-order valence-electron chi connectivity index (χ2n) is 5.43. The van der Waals surface area contributed by atoms with Crippen molar-refractivity contribution in [1.29, 1.82) is 0 Å². The van der Waals surface area contributed by atoms with Gasteiger partial charge in [-0.05, 0) is 36.6 Å². The van der Waals surface area contributed by atoms with Gasteiger partial charge in [0.25, 0.3) is 5.91 Å². The summed E-state index contributed by atoms with van der Waals surface area (Å²) in [4.78, 5) is 25.8. The number of carbonyl (C=O) groups is 2. The highest BCUT2D eigenvalue weighted by Crippen LogP contribution is 2.33.